The van der Waals surface area contributed by atoms with Gasteiger partial charge in [-0.2, -0.15) is 8.42 Å². The SMILES string of the molecule is CC[S@](=O)(=NS(=O)(=O)Cl)c1ccccc1OC. The maximum Gasteiger partial charge on any atom is 0.347 e. The average Bonchev–Trinajstić information content (AvgIpc) is 2.26. The summed E-state index contributed by atoms with van der Waals surface area (Å²) >= 11 is 0. The second-order valence-electron chi connectivity index (χ2n) is 3.07. The van der Waals surface area contributed by atoms with Crippen LogP contribution in [-0.2, 0) is 19.0 Å². The number of methoxy groups -OCH3 is 1. The molecule has 0 bridgehead atoms. The van der Waals surface area contributed by atoms with E-state index in [1.807, 2.05) is 0 Å². The van der Waals surface area contributed by atoms with Crippen molar-refractivity contribution in [3.8, 4) is 5.75 Å². The maximum atomic E-state index is 12.4. The molecule has 0 radical (unpaired) electrons. The largest absolute Gasteiger partial charge is 0.495 e. The van der Waals surface area contributed by atoms with Crippen molar-refractivity contribution < 1.29 is 17.4 Å². The van der Waals surface area contributed by atoms with E-state index in [4.69, 9.17) is 15.4 Å². The molecule has 0 saturated heterocycles. The second kappa shape index (κ2) is 5.24. The van der Waals surface area contributed by atoms with E-state index >= 15 is 0 Å². The van der Waals surface area contributed by atoms with Gasteiger partial charge in [0.15, 0.2) is 0 Å². The summed E-state index contributed by atoms with van der Waals surface area (Å²) in [6.07, 6.45) is 0. The molecule has 96 valence electrons. The lowest BCUT2D eigenvalue weighted by atomic mass is 10.3. The number of para-hydroxylation sites is 1. The van der Waals surface area contributed by atoms with Gasteiger partial charge in [0, 0.05) is 16.4 Å². The first-order valence-electron chi connectivity index (χ1n) is 4.66. The minimum absolute atomic E-state index is 0.0271. The van der Waals surface area contributed by atoms with Gasteiger partial charge in [-0.25, -0.2) is 4.21 Å². The Morgan fingerprint density at radius 3 is 2.35 bits per heavy atom. The molecule has 0 heterocycles. The van der Waals surface area contributed by atoms with E-state index in [1.165, 1.54) is 13.2 Å². The molecule has 0 fully saturated rings. The van der Waals surface area contributed by atoms with E-state index in [1.54, 1.807) is 25.1 Å². The first-order chi connectivity index (χ1) is 7.82. The molecular weight excluding hydrogens is 286 g/mol. The molecule has 0 amide bonds. The molecule has 0 aromatic heterocycles. The summed E-state index contributed by atoms with van der Waals surface area (Å²) in [4.78, 5) is 0.231. The highest BCUT2D eigenvalue weighted by atomic mass is 35.7. The lowest BCUT2D eigenvalue weighted by Gasteiger charge is -2.10. The van der Waals surface area contributed by atoms with Crippen LogP contribution in [0.5, 0.6) is 5.75 Å². The highest BCUT2D eigenvalue weighted by molar-refractivity contribution is 8.17. The van der Waals surface area contributed by atoms with E-state index < -0.39 is 19.0 Å². The van der Waals surface area contributed by atoms with Crippen molar-refractivity contribution in [3.63, 3.8) is 0 Å². The molecule has 1 atom stereocenters. The van der Waals surface area contributed by atoms with Crippen molar-refractivity contribution in [1.29, 1.82) is 0 Å². The lowest BCUT2D eigenvalue weighted by molar-refractivity contribution is 0.404. The maximum absolute atomic E-state index is 12.4. The summed E-state index contributed by atoms with van der Waals surface area (Å²) in [6.45, 7) is 1.57. The van der Waals surface area contributed by atoms with Crippen molar-refractivity contribution in [1.82, 2.24) is 0 Å². The highest BCUT2D eigenvalue weighted by Gasteiger charge is 2.19. The van der Waals surface area contributed by atoms with Crippen molar-refractivity contribution in [2.75, 3.05) is 12.9 Å². The van der Waals surface area contributed by atoms with Crippen LogP contribution in [0.1, 0.15) is 6.92 Å². The number of hydrogen-bond donors (Lipinski definition) is 0. The van der Waals surface area contributed by atoms with E-state index in [2.05, 4.69) is 3.77 Å². The first-order valence-corrected chi connectivity index (χ1v) is 8.61. The molecule has 0 spiro atoms. The Kier molecular flexibility index (Phi) is 4.40. The fourth-order valence-corrected chi connectivity index (χ4v) is 5.05. The molecule has 8 heteroatoms. The predicted molar refractivity (Wildman–Crippen MR) is 67.1 cm³/mol. The van der Waals surface area contributed by atoms with Crippen LogP contribution in [0.25, 0.3) is 0 Å². The van der Waals surface area contributed by atoms with Crippen LogP contribution in [0.2, 0.25) is 0 Å². The standard InChI is InChI=1S/C9H12ClNO4S2/c1-3-16(12,11-17(10,13)14)9-7-5-4-6-8(9)15-2/h4-7H,3H2,1-2H3/t16-/m1/s1. The monoisotopic (exact) mass is 297 g/mol. The topological polar surface area (TPSA) is 72.8 Å². The summed E-state index contributed by atoms with van der Waals surface area (Å²) in [6, 6.07) is 6.41. The van der Waals surface area contributed by atoms with Gasteiger partial charge in [-0.3, -0.25) is 0 Å². The normalized spacial score (nSPS) is 15.0. The van der Waals surface area contributed by atoms with Gasteiger partial charge in [-0.1, -0.05) is 22.8 Å². The molecule has 1 rings (SSSR count). The van der Waals surface area contributed by atoms with Gasteiger partial charge in [0.1, 0.15) is 5.75 Å². The zero-order valence-corrected chi connectivity index (χ0v) is 11.7. The second-order valence-corrected chi connectivity index (χ2v) is 7.96. The molecule has 0 saturated carbocycles. The van der Waals surface area contributed by atoms with E-state index in [9.17, 15) is 12.6 Å². The molecule has 5 nitrogen and oxygen atoms in total. The lowest BCUT2D eigenvalue weighted by Crippen LogP contribution is -2.07. The van der Waals surface area contributed by atoms with E-state index in [0.717, 1.165) is 0 Å². The van der Waals surface area contributed by atoms with Crippen LogP contribution in [-0.4, -0.2) is 25.5 Å². The molecule has 0 unspecified atom stereocenters. The summed E-state index contributed by atoms with van der Waals surface area (Å²) in [7, 11) is -0.893. The molecule has 0 aliphatic rings. The number of rotatable bonds is 4. The summed E-state index contributed by atoms with van der Waals surface area (Å²) in [5.41, 5.74) is 0. The minimum atomic E-state index is -4.20. The predicted octanol–water partition coefficient (Wildman–Crippen LogP) is 2.03. The summed E-state index contributed by atoms with van der Waals surface area (Å²) < 4.78 is 42.6. The third-order valence-corrected chi connectivity index (χ3v) is 6.00. The quantitative estimate of drug-likeness (QED) is 0.797. The van der Waals surface area contributed by atoms with Gasteiger partial charge in [0.05, 0.1) is 21.7 Å². The fourth-order valence-electron chi connectivity index (χ4n) is 1.27. The number of halogens is 1. The zero-order valence-electron chi connectivity index (χ0n) is 9.29. The number of ether oxygens (including phenoxy) is 1. The molecule has 0 aliphatic carbocycles. The number of benzene rings is 1. The number of nitrogens with zero attached hydrogens (tertiary/aromatic N) is 1. The Balaban J connectivity index is 3.58. The van der Waals surface area contributed by atoms with Crippen molar-refractivity contribution in [3.05, 3.63) is 24.3 Å². The van der Waals surface area contributed by atoms with Crippen LogP contribution in [0.4, 0.5) is 0 Å². The van der Waals surface area contributed by atoms with Crippen molar-refractivity contribution in [2.24, 2.45) is 3.77 Å². The molecular formula is C9H12ClNO4S2. The van der Waals surface area contributed by atoms with Gasteiger partial charge in [0.25, 0.3) is 0 Å². The Hall–Kier alpha value is -0.790. The molecule has 0 N–H and O–H groups in total. The minimum Gasteiger partial charge on any atom is -0.495 e. The van der Waals surface area contributed by atoms with Crippen molar-refractivity contribution in [2.45, 2.75) is 11.8 Å². The molecule has 1 aromatic rings. The van der Waals surface area contributed by atoms with Gasteiger partial charge in [-0.15, -0.1) is 0 Å². The third-order valence-electron chi connectivity index (χ3n) is 2.01. The molecule has 1 aromatic carbocycles. The van der Waals surface area contributed by atoms with Crippen LogP contribution in [0.3, 0.4) is 0 Å². The van der Waals surface area contributed by atoms with Crippen molar-refractivity contribution >= 4 is 29.6 Å². The Morgan fingerprint density at radius 2 is 1.88 bits per heavy atom. The van der Waals surface area contributed by atoms with Gasteiger partial charge < -0.3 is 4.74 Å². The van der Waals surface area contributed by atoms with Crippen LogP contribution in [0.15, 0.2) is 32.9 Å². The molecule has 0 aliphatic heterocycles. The van der Waals surface area contributed by atoms with E-state index in [0.29, 0.717) is 5.75 Å². The molecule has 17 heavy (non-hydrogen) atoms. The summed E-state index contributed by atoms with van der Waals surface area (Å²) in [5, 5.41) is 0. The Morgan fingerprint density at radius 1 is 1.29 bits per heavy atom. The third kappa shape index (κ3) is 3.58. The average molecular weight is 298 g/mol. The fraction of sp³-hybridized carbons (Fsp3) is 0.333. The van der Waals surface area contributed by atoms with E-state index in [-0.39, 0.29) is 10.6 Å². The first kappa shape index (κ1) is 14.3. The van der Waals surface area contributed by atoms with Crippen LogP contribution >= 0.6 is 10.7 Å². The number of hydrogen-bond acceptors (Lipinski definition) is 4. The highest BCUT2D eigenvalue weighted by Crippen LogP contribution is 2.26. The Bertz CT molecular complexity index is 618. The van der Waals surface area contributed by atoms with Crippen LogP contribution in [0, 0.1) is 0 Å². The van der Waals surface area contributed by atoms with Gasteiger partial charge in [-0.05, 0) is 12.1 Å². The van der Waals surface area contributed by atoms with Gasteiger partial charge >= 0.3 is 9.24 Å². The van der Waals surface area contributed by atoms with Gasteiger partial charge in [0.2, 0.25) is 0 Å². The zero-order chi connectivity index (χ0) is 13.1. The summed E-state index contributed by atoms with van der Waals surface area (Å²) in [5.74, 6) is 0.350. The van der Waals surface area contributed by atoms with Crippen LogP contribution < -0.4 is 4.74 Å². The Labute approximate surface area is 105 Å². The smallest absolute Gasteiger partial charge is 0.347 e.